The van der Waals surface area contributed by atoms with Crippen LogP contribution >= 0.6 is 0 Å². The lowest BCUT2D eigenvalue weighted by molar-refractivity contribution is -0.274. The summed E-state index contributed by atoms with van der Waals surface area (Å²) in [6.07, 6.45) is -4.78. The molecule has 0 aromatic heterocycles. The van der Waals surface area contributed by atoms with E-state index < -0.39 is 12.4 Å². The van der Waals surface area contributed by atoms with Crippen molar-refractivity contribution in [3.8, 4) is 5.75 Å². The number of nitrogens with zero attached hydrogens (tertiary/aromatic N) is 1. The third kappa shape index (κ3) is 3.67. The summed E-state index contributed by atoms with van der Waals surface area (Å²) in [5, 5.41) is 0. The monoisotopic (exact) mass is 395 g/mol. The Morgan fingerprint density at radius 2 is 1.71 bits per heavy atom. The molecule has 3 atom stereocenters. The second kappa shape index (κ2) is 7.06. The van der Waals surface area contributed by atoms with Gasteiger partial charge in [-0.3, -0.25) is 10.2 Å². The lowest BCUT2D eigenvalue weighted by atomic mass is 9.78. The van der Waals surface area contributed by atoms with E-state index in [0.29, 0.717) is 18.8 Å². The zero-order valence-corrected chi connectivity index (χ0v) is 14.5. The van der Waals surface area contributed by atoms with E-state index in [-0.39, 0.29) is 29.3 Å². The van der Waals surface area contributed by atoms with Gasteiger partial charge in [-0.2, -0.15) is 0 Å². The summed E-state index contributed by atoms with van der Waals surface area (Å²) >= 11 is 0. The molecule has 2 fully saturated rings. The molecule has 3 unspecified atom stereocenters. The van der Waals surface area contributed by atoms with Crippen molar-refractivity contribution >= 4 is 11.6 Å². The molecule has 9 heteroatoms. The standard InChI is InChI=1S/C19H17F4N3O2/c20-12-3-1-11(2-4-12)16-10-26(18(27)17-15(16)9-24-25-17)13-5-7-14(8-6-13)28-19(21,22)23/h1-8,15-17,24-25H,9-10H2. The number of hydrogen-bond donors (Lipinski definition) is 2. The number of hydrogen-bond acceptors (Lipinski definition) is 4. The quantitative estimate of drug-likeness (QED) is 0.785. The molecule has 4 rings (SSSR count). The van der Waals surface area contributed by atoms with Crippen molar-refractivity contribution in [2.75, 3.05) is 18.0 Å². The van der Waals surface area contributed by atoms with Crippen LogP contribution in [0.25, 0.3) is 0 Å². The third-order valence-corrected chi connectivity index (χ3v) is 5.13. The minimum absolute atomic E-state index is 0.0120. The Labute approximate surface area is 158 Å². The van der Waals surface area contributed by atoms with Crippen LogP contribution in [0.1, 0.15) is 11.5 Å². The van der Waals surface area contributed by atoms with Crippen LogP contribution in [0.15, 0.2) is 48.5 Å². The zero-order valence-electron chi connectivity index (χ0n) is 14.5. The molecule has 2 aromatic rings. The Bertz CT molecular complexity index is 855. The minimum Gasteiger partial charge on any atom is -0.406 e. The van der Waals surface area contributed by atoms with Gasteiger partial charge in [0, 0.05) is 30.6 Å². The van der Waals surface area contributed by atoms with E-state index in [9.17, 15) is 22.4 Å². The van der Waals surface area contributed by atoms with Crippen LogP contribution in [0.5, 0.6) is 5.75 Å². The Morgan fingerprint density at radius 1 is 1.04 bits per heavy atom. The first-order valence-corrected chi connectivity index (χ1v) is 8.73. The summed E-state index contributed by atoms with van der Waals surface area (Å²) < 4.78 is 54.2. The number of fused-ring (bicyclic) bond motifs is 1. The third-order valence-electron chi connectivity index (χ3n) is 5.13. The summed E-state index contributed by atoms with van der Waals surface area (Å²) in [5.41, 5.74) is 7.34. The SMILES string of the molecule is O=C1C2NNCC2C(c2ccc(F)cc2)CN1c1ccc(OC(F)(F)F)cc1. The van der Waals surface area contributed by atoms with E-state index in [1.807, 2.05) is 0 Å². The molecule has 0 spiro atoms. The number of hydrazine groups is 1. The van der Waals surface area contributed by atoms with Crippen molar-refractivity contribution in [3.63, 3.8) is 0 Å². The first-order chi connectivity index (χ1) is 13.3. The highest BCUT2D eigenvalue weighted by Gasteiger charge is 2.46. The number of anilines is 1. The predicted molar refractivity (Wildman–Crippen MR) is 93.0 cm³/mol. The second-order valence-electron chi connectivity index (χ2n) is 6.82. The van der Waals surface area contributed by atoms with Gasteiger partial charge in [0.2, 0.25) is 5.91 Å². The number of halogens is 4. The van der Waals surface area contributed by atoms with Crippen LogP contribution in [0.4, 0.5) is 23.2 Å². The van der Waals surface area contributed by atoms with Gasteiger partial charge < -0.3 is 9.64 Å². The van der Waals surface area contributed by atoms with E-state index >= 15 is 0 Å². The highest BCUT2D eigenvalue weighted by molar-refractivity contribution is 5.98. The Balaban J connectivity index is 1.61. The fourth-order valence-corrected chi connectivity index (χ4v) is 3.84. The molecule has 2 saturated heterocycles. The molecular weight excluding hydrogens is 378 g/mol. The second-order valence-corrected chi connectivity index (χ2v) is 6.82. The van der Waals surface area contributed by atoms with Crippen LogP contribution in [0.2, 0.25) is 0 Å². The Hall–Kier alpha value is -2.65. The number of piperidine rings is 1. The van der Waals surface area contributed by atoms with Crippen LogP contribution in [-0.2, 0) is 4.79 Å². The van der Waals surface area contributed by atoms with Gasteiger partial charge in [0.05, 0.1) is 0 Å². The van der Waals surface area contributed by atoms with E-state index in [1.54, 1.807) is 12.1 Å². The van der Waals surface area contributed by atoms with Crippen LogP contribution in [-0.4, -0.2) is 31.4 Å². The molecule has 148 valence electrons. The van der Waals surface area contributed by atoms with Crippen LogP contribution in [0.3, 0.4) is 0 Å². The van der Waals surface area contributed by atoms with Gasteiger partial charge in [0.1, 0.15) is 17.6 Å². The molecule has 0 bridgehead atoms. The van der Waals surface area contributed by atoms with Crippen molar-refractivity contribution in [2.45, 2.75) is 18.3 Å². The maximum atomic E-state index is 13.3. The van der Waals surface area contributed by atoms with Crippen molar-refractivity contribution in [3.05, 3.63) is 59.9 Å². The number of carbonyl (C=O) groups is 1. The normalized spacial score (nSPS) is 24.9. The minimum atomic E-state index is -4.78. The van der Waals surface area contributed by atoms with Gasteiger partial charge in [-0.15, -0.1) is 13.2 Å². The number of amides is 1. The lowest BCUT2D eigenvalue weighted by Gasteiger charge is -2.40. The molecule has 2 aliphatic heterocycles. The topological polar surface area (TPSA) is 53.6 Å². The van der Waals surface area contributed by atoms with Gasteiger partial charge >= 0.3 is 6.36 Å². The number of carbonyl (C=O) groups excluding carboxylic acids is 1. The van der Waals surface area contributed by atoms with Gasteiger partial charge in [-0.25, -0.2) is 9.82 Å². The van der Waals surface area contributed by atoms with Crippen molar-refractivity contribution < 1.29 is 27.1 Å². The summed E-state index contributed by atoms with van der Waals surface area (Å²) in [4.78, 5) is 14.4. The molecular formula is C19H17F4N3O2. The van der Waals surface area contributed by atoms with Crippen molar-refractivity contribution in [1.82, 2.24) is 10.9 Å². The highest BCUT2D eigenvalue weighted by Crippen LogP contribution is 2.37. The molecule has 28 heavy (non-hydrogen) atoms. The van der Waals surface area contributed by atoms with Crippen molar-refractivity contribution in [1.29, 1.82) is 0 Å². The van der Waals surface area contributed by atoms with Gasteiger partial charge in [0.25, 0.3) is 0 Å². The fraction of sp³-hybridized carbons (Fsp3) is 0.316. The Morgan fingerprint density at radius 3 is 2.36 bits per heavy atom. The zero-order chi connectivity index (χ0) is 19.9. The predicted octanol–water partition coefficient (Wildman–Crippen LogP) is 2.95. The van der Waals surface area contributed by atoms with E-state index in [2.05, 4.69) is 15.6 Å². The van der Waals surface area contributed by atoms with Crippen LogP contribution < -0.4 is 20.5 Å². The molecule has 1 amide bonds. The molecule has 2 aliphatic rings. The summed E-state index contributed by atoms with van der Waals surface area (Å²) in [7, 11) is 0. The molecule has 2 heterocycles. The average molecular weight is 395 g/mol. The maximum absolute atomic E-state index is 13.3. The molecule has 5 nitrogen and oxygen atoms in total. The van der Waals surface area contributed by atoms with Gasteiger partial charge in [0.15, 0.2) is 0 Å². The fourth-order valence-electron chi connectivity index (χ4n) is 3.84. The molecule has 2 N–H and O–H groups in total. The van der Waals surface area contributed by atoms with E-state index in [1.165, 1.54) is 41.3 Å². The summed E-state index contributed by atoms with van der Waals surface area (Å²) in [6.45, 7) is 0.930. The van der Waals surface area contributed by atoms with E-state index in [4.69, 9.17) is 0 Å². The van der Waals surface area contributed by atoms with Crippen molar-refractivity contribution in [2.24, 2.45) is 5.92 Å². The first kappa shape index (κ1) is 18.7. The van der Waals surface area contributed by atoms with Crippen LogP contribution in [0, 0.1) is 11.7 Å². The maximum Gasteiger partial charge on any atom is 0.573 e. The first-order valence-electron chi connectivity index (χ1n) is 8.73. The smallest absolute Gasteiger partial charge is 0.406 e. The van der Waals surface area contributed by atoms with Gasteiger partial charge in [-0.1, -0.05) is 12.1 Å². The summed E-state index contributed by atoms with van der Waals surface area (Å²) in [6, 6.07) is 10.9. The number of alkyl halides is 3. The molecule has 0 radical (unpaired) electrons. The number of ether oxygens (including phenoxy) is 1. The molecule has 0 saturated carbocycles. The highest BCUT2D eigenvalue weighted by atomic mass is 19.4. The number of benzene rings is 2. The average Bonchev–Trinajstić information content (AvgIpc) is 3.13. The number of rotatable bonds is 3. The lowest BCUT2D eigenvalue weighted by Crippen LogP contribution is -2.55. The largest absolute Gasteiger partial charge is 0.573 e. The summed E-state index contributed by atoms with van der Waals surface area (Å²) in [5.74, 6) is -0.932. The van der Waals surface area contributed by atoms with E-state index in [0.717, 1.165) is 5.56 Å². The number of nitrogens with one attached hydrogen (secondary N) is 2. The Kier molecular flexibility index (Phi) is 4.72. The molecule has 0 aliphatic carbocycles. The van der Waals surface area contributed by atoms with Gasteiger partial charge in [-0.05, 0) is 42.0 Å². The molecule has 2 aromatic carbocycles.